The lowest BCUT2D eigenvalue weighted by molar-refractivity contribution is -0.156. The van der Waals surface area contributed by atoms with E-state index in [0.717, 1.165) is 0 Å². The highest BCUT2D eigenvalue weighted by Crippen LogP contribution is 2.31. The maximum absolute atomic E-state index is 12.4. The lowest BCUT2D eigenvalue weighted by Gasteiger charge is -2.04. The van der Waals surface area contributed by atoms with Crippen LogP contribution in [0.15, 0.2) is 22.6 Å². The minimum Gasteiger partial charge on any atom is -0.433 e. The molecule has 1 N–H and O–H groups in total. The summed E-state index contributed by atoms with van der Waals surface area (Å²) < 4.78 is 66.6. The highest BCUT2D eigenvalue weighted by molar-refractivity contribution is 7.92. The number of sulfonamides is 1. The van der Waals surface area contributed by atoms with Crippen LogP contribution in [0.4, 0.5) is 18.9 Å². The highest BCUT2D eigenvalue weighted by Gasteiger charge is 2.37. The fourth-order valence-electron chi connectivity index (χ4n) is 1.36. The van der Waals surface area contributed by atoms with Crippen LogP contribution in [0.2, 0.25) is 0 Å². The zero-order valence-electron chi connectivity index (χ0n) is 9.65. The summed E-state index contributed by atoms with van der Waals surface area (Å²) in [6.07, 6.45) is -4.68. The summed E-state index contributed by atoms with van der Waals surface area (Å²) in [4.78, 5) is 3.27. The van der Waals surface area contributed by atoms with Crippen LogP contribution in [0.25, 0.3) is 11.1 Å². The van der Waals surface area contributed by atoms with Crippen LogP contribution in [0.5, 0.6) is 0 Å². The van der Waals surface area contributed by atoms with Gasteiger partial charge in [0.2, 0.25) is 10.0 Å². The van der Waals surface area contributed by atoms with E-state index in [0.29, 0.717) is 0 Å². The lowest BCUT2D eigenvalue weighted by atomic mass is 10.3. The molecule has 1 aromatic carbocycles. The third kappa shape index (κ3) is 2.98. The van der Waals surface area contributed by atoms with Crippen molar-refractivity contribution in [1.82, 2.24) is 4.98 Å². The minimum atomic E-state index is -4.68. The van der Waals surface area contributed by atoms with E-state index >= 15 is 0 Å². The molecular formula is C10H9F3N2O3S. The second-order valence-electron chi connectivity index (χ2n) is 3.70. The second-order valence-corrected chi connectivity index (χ2v) is 5.72. The molecule has 9 heteroatoms. The zero-order valence-corrected chi connectivity index (χ0v) is 10.5. The Balaban J connectivity index is 2.41. The Labute approximate surface area is 106 Å². The van der Waals surface area contributed by atoms with Crippen LogP contribution in [0, 0.1) is 0 Å². The maximum atomic E-state index is 12.4. The van der Waals surface area contributed by atoms with Gasteiger partial charge in [0.25, 0.3) is 0 Å². The summed E-state index contributed by atoms with van der Waals surface area (Å²) in [6, 6.07) is 3.72. The Bertz CT molecular complexity index is 706. The molecule has 0 unspecified atom stereocenters. The van der Waals surface area contributed by atoms with Gasteiger partial charge in [-0.1, -0.05) is 0 Å². The van der Waals surface area contributed by atoms with E-state index in [4.69, 9.17) is 0 Å². The van der Waals surface area contributed by atoms with Crippen molar-refractivity contribution >= 4 is 26.8 Å². The molecule has 104 valence electrons. The highest BCUT2D eigenvalue weighted by atomic mass is 32.2. The monoisotopic (exact) mass is 294 g/mol. The summed E-state index contributed by atoms with van der Waals surface area (Å²) in [5, 5.41) is 0. The van der Waals surface area contributed by atoms with E-state index in [9.17, 15) is 21.6 Å². The SMILES string of the molecule is CCS(=O)(=O)Nc1ccc2oc(C(F)(F)F)nc2c1. The summed E-state index contributed by atoms with van der Waals surface area (Å²) in [5.74, 6) is -1.50. The van der Waals surface area contributed by atoms with Gasteiger partial charge in [-0.05, 0) is 25.1 Å². The Morgan fingerprint density at radius 1 is 1.37 bits per heavy atom. The molecule has 19 heavy (non-hydrogen) atoms. The van der Waals surface area contributed by atoms with E-state index in [-0.39, 0.29) is 22.5 Å². The summed E-state index contributed by atoms with van der Waals surface area (Å²) in [5.41, 5.74) is 0.00627. The smallest absolute Gasteiger partial charge is 0.433 e. The molecule has 1 aromatic heterocycles. The number of hydrogen-bond acceptors (Lipinski definition) is 4. The minimum absolute atomic E-state index is 0.0632. The van der Waals surface area contributed by atoms with E-state index in [1.54, 1.807) is 0 Å². The third-order valence-corrected chi connectivity index (χ3v) is 3.59. The molecule has 0 bridgehead atoms. The number of oxazole rings is 1. The van der Waals surface area contributed by atoms with Crippen molar-refractivity contribution in [3.63, 3.8) is 0 Å². The van der Waals surface area contributed by atoms with E-state index in [1.165, 1.54) is 25.1 Å². The van der Waals surface area contributed by atoms with Gasteiger partial charge >= 0.3 is 12.1 Å². The number of nitrogens with one attached hydrogen (secondary N) is 1. The maximum Gasteiger partial charge on any atom is 0.468 e. The number of nitrogens with zero attached hydrogens (tertiary/aromatic N) is 1. The van der Waals surface area contributed by atoms with Gasteiger partial charge in [-0.25, -0.2) is 13.4 Å². The van der Waals surface area contributed by atoms with Crippen LogP contribution in [-0.4, -0.2) is 19.2 Å². The fraction of sp³-hybridized carbons (Fsp3) is 0.300. The standard InChI is InChI=1S/C10H9F3N2O3S/c1-2-19(16,17)15-6-3-4-8-7(5-6)14-9(18-8)10(11,12)13/h3-5,15H,2H2,1H3. The van der Waals surface area contributed by atoms with Crippen molar-refractivity contribution in [2.24, 2.45) is 0 Å². The molecule has 5 nitrogen and oxygen atoms in total. The van der Waals surface area contributed by atoms with Gasteiger partial charge in [0.15, 0.2) is 5.58 Å². The molecule has 0 saturated carbocycles. The third-order valence-electron chi connectivity index (χ3n) is 2.28. The van der Waals surface area contributed by atoms with Gasteiger partial charge < -0.3 is 4.42 Å². The van der Waals surface area contributed by atoms with Crippen molar-refractivity contribution in [1.29, 1.82) is 0 Å². The number of halogens is 3. The zero-order chi connectivity index (χ0) is 14.3. The molecule has 0 spiro atoms. The molecule has 1 heterocycles. The normalized spacial score (nSPS) is 12.8. The predicted octanol–water partition coefficient (Wildman–Crippen LogP) is 2.61. The Hall–Kier alpha value is -1.77. The van der Waals surface area contributed by atoms with E-state index in [1.807, 2.05) is 0 Å². The molecule has 0 aliphatic rings. The molecule has 0 aliphatic heterocycles. The molecule has 0 radical (unpaired) electrons. The van der Waals surface area contributed by atoms with Crippen molar-refractivity contribution in [2.45, 2.75) is 13.1 Å². The van der Waals surface area contributed by atoms with Gasteiger partial charge in [0, 0.05) is 0 Å². The predicted molar refractivity (Wildman–Crippen MR) is 62.1 cm³/mol. The van der Waals surface area contributed by atoms with Gasteiger partial charge in [0.05, 0.1) is 11.4 Å². The number of aromatic nitrogens is 1. The van der Waals surface area contributed by atoms with Crippen LogP contribution in [0.1, 0.15) is 12.8 Å². The number of anilines is 1. The molecule has 0 amide bonds. The first-order chi connectivity index (χ1) is 8.71. The largest absolute Gasteiger partial charge is 0.468 e. The van der Waals surface area contributed by atoms with Gasteiger partial charge in [-0.3, -0.25) is 4.72 Å². The van der Waals surface area contributed by atoms with E-state index in [2.05, 4.69) is 14.1 Å². The second kappa shape index (κ2) is 4.41. The number of benzene rings is 1. The van der Waals surface area contributed by atoms with Crippen LogP contribution in [-0.2, 0) is 16.2 Å². The molecule has 0 saturated heterocycles. The molecule has 0 fully saturated rings. The number of alkyl halides is 3. The average molecular weight is 294 g/mol. The Morgan fingerprint density at radius 2 is 2.05 bits per heavy atom. The van der Waals surface area contributed by atoms with Crippen molar-refractivity contribution in [2.75, 3.05) is 10.5 Å². The first-order valence-electron chi connectivity index (χ1n) is 5.19. The quantitative estimate of drug-likeness (QED) is 0.944. The van der Waals surface area contributed by atoms with Gasteiger partial charge in [0.1, 0.15) is 5.52 Å². The molecule has 2 aromatic rings. The fourth-order valence-corrected chi connectivity index (χ4v) is 1.99. The summed E-state index contributed by atoms with van der Waals surface area (Å²) in [6.45, 7) is 1.44. The van der Waals surface area contributed by atoms with Crippen LogP contribution in [0.3, 0.4) is 0 Å². The molecular weight excluding hydrogens is 285 g/mol. The topological polar surface area (TPSA) is 72.2 Å². The first kappa shape index (κ1) is 13.7. The molecule has 0 atom stereocenters. The average Bonchev–Trinajstić information content (AvgIpc) is 2.71. The molecule has 2 rings (SSSR count). The number of hydrogen-bond donors (Lipinski definition) is 1. The Kier molecular flexibility index (Phi) is 3.17. The summed E-state index contributed by atoms with van der Waals surface area (Å²) in [7, 11) is -3.49. The van der Waals surface area contributed by atoms with Crippen LogP contribution >= 0.6 is 0 Å². The van der Waals surface area contributed by atoms with Crippen molar-refractivity contribution in [3.05, 3.63) is 24.1 Å². The van der Waals surface area contributed by atoms with Crippen LogP contribution < -0.4 is 4.72 Å². The van der Waals surface area contributed by atoms with Crippen molar-refractivity contribution in [3.8, 4) is 0 Å². The lowest BCUT2D eigenvalue weighted by Crippen LogP contribution is -2.14. The number of fused-ring (bicyclic) bond motifs is 1. The first-order valence-corrected chi connectivity index (χ1v) is 6.85. The number of rotatable bonds is 3. The van der Waals surface area contributed by atoms with Gasteiger partial charge in [-0.2, -0.15) is 13.2 Å². The Morgan fingerprint density at radius 3 is 2.63 bits per heavy atom. The molecule has 0 aliphatic carbocycles. The van der Waals surface area contributed by atoms with Crippen molar-refractivity contribution < 1.29 is 26.0 Å². The van der Waals surface area contributed by atoms with Gasteiger partial charge in [-0.15, -0.1) is 0 Å². The summed E-state index contributed by atoms with van der Waals surface area (Å²) >= 11 is 0. The van der Waals surface area contributed by atoms with E-state index < -0.39 is 22.1 Å².